The van der Waals surface area contributed by atoms with Crippen LogP contribution in [0, 0.1) is 5.41 Å². The molecule has 0 aliphatic heterocycles. The Labute approximate surface area is 94.5 Å². The normalized spacial score (nSPS) is 23.3. The SMILES string of the molecule is CC(C)(C)C1=C2CCCCCC2=CCC1. The molecule has 0 atom stereocenters. The molecule has 15 heavy (non-hydrogen) atoms. The monoisotopic (exact) mass is 204 g/mol. The molecular weight excluding hydrogens is 180 g/mol. The maximum Gasteiger partial charge on any atom is -0.0167 e. The zero-order chi connectivity index (χ0) is 10.9. The fourth-order valence-corrected chi connectivity index (χ4v) is 3.04. The molecule has 0 aromatic heterocycles. The van der Waals surface area contributed by atoms with Crippen LogP contribution in [0.2, 0.25) is 0 Å². The number of fused-ring (bicyclic) bond motifs is 1. The van der Waals surface area contributed by atoms with Crippen LogP contribution in [0.25, 0.3) is 0 Å². The summed E-state index contributed by atoms with van der Waals surface area (Å²) in [5.41, 5.74) is 5.58. The molecule has 0 unspecified atom stereocenters. The molecule has 0 saturated heterocycles. The summed E-state index contributed by atoms with van der Waals surface area (Å²) in [4.78, 5) is 0. The van der Waals surface area contributed by atoms with Crippen LogP contribution < -0.4 is 0 Å². The van der Waals surface area contributed by atoms with Gasteiger partial charge in [-0.3, -0.25) is 0 Å². The first-order valence-electron chi connectivity index (χ1n) is 6.51. The van der Waals surface area contributed by atoms with Crippen molar-refractivity contribution in [3.8, 4) is 0 Å². The summed E-state index contributed by atoms with van der Waals surface area (Å²) in [6.45, 7) is 7.13. The first-order valence-corrected chi connectivity index (χ1v) is 6.51. The van der Waals surface area contributed by atoms with E-state index in [1.807, 2.05) is 0 Å². The van der Waals surface area contributed by atoms with Gasteiger partial charge < -0.3 is 0 Å². The van der Waals surface area contributed by atoms with Gasteiger partial charge in [-0.2, -0.15) is 0 Å². The summed E-state index contributed by atoms with van der Waals surface area (Å²) >= 11 is 0. The summed E-state index contributed by atoms with van der Waals surface area (Å²) in [6.07, 6.45) is 12.0. The second-order valence-electron chi connectivity index (χ2n) is 6.04. The maximum absolute atomic E-state index is 2.51. The molecule has 0 heteroatoms. The average Bonchev–Trinajstić information content (AvgIpc) is 2.39. The first kappa shape index (κ1) is 11.0. The topological polar surface area (TPSA) is 0 Å². The van der Waals surface area contributed by atoms with Gasteiger partial charge in [0, 0.05) is 0 Å². The average molecular weight is 204 g/mol. The second kappa shape index (κ2) is 4.15. The lowest BCUT2D eigenvalue weighted by Gasteiger charge is -2.30. The molecule has 0 amide bonds. The van der Waals surface area contributed by atoms with E-state index in [0.29, 0.717) is 5.41 Å². The minimum atomic E-state index is 0.388. The lowest BCUT2D eigenvalue weighted by molar-refractivity contribution is 0.471. The molecule has 0 radical (unpaired) electrons. The Balaban J connectivity index is 2.37. The van der Waals surface area contributed by atoms with Gasteiger partial charge in [-0.15, -0.1) is 0 Å². The molecule has 0 nitrogen and oxygen atoms in total. The highest BCUT2D eigenvalue weighted by Crippen LogP contribution is 2.42. The standard InChI is InChI=1S/C15H24/c1-15(2,3)14-11-7-9-12-8-5-4-6-10-13(12)14/h9H,4-8,10-11H2,1-3H3. The van der Waals surface area contributed by atoms with Crippen molar-refractivity contribution in [3.05, 3.63) is 22.8 Å². The van der Waals surface area contributed by atoms with Gasteiger partial charge in [-0.25, -0.2) is 0 Å². The predicted octanol–water partition coefficient (Wildman–Crippen LogP) is 5.01. The van der Waals surface area contributed by atoms with Crippen molar-refractivity contribution in [2.45, 2.75) is 65.7 Å². The molecular formula is C15H24. The summed E-state index contributed by atoms with van der Waals surface area (Å²) in [5.74, 6) is 0. The Morgan fingerprint density at radius 1 is 0.933 bits per heavy atom. The Morgan fingerprint density at radius 2 is 1.67 bits per heavy atom. The molecule has 0 aromatic rings. The van der Waals surface area contributed by atoms with Crippen LogP contribution in [-0.4, -0.2) is 0 Å². The van der Waals surface area contributed by atoms with Crippen molar-refractivity contribution in [2.75, 3.05) is 0 Å². The Morgan fingerprint density at radius 3 is 2.40 bits per heavy atom. The van der Waals surface area contributed by atoms with Crippen LogP contribution in [0.3, 0.4) is 0 Å². The van der Waals surface area contributed by atoms with Crippen LogP contribution in [0.5, 0.6) is 0 Å². The third-order valence-electron chi connectivity index (χ3n) is 3.82. The molecule has 0 aromatic carbocycles. The number of allylic oxidation sites excluding steroid dienone is 4. The van der Waals surface area contributed by atoms with E-state index in [-0.39, 0.29) is 0 Å². The van der Waals surface area contributed by atoms with Crippen LogP contribution in [0.4, 0.5) is 0 Å². The van der Waals surface area contributed by atoms with Gasteiger partial charge in [0.2, 0.25) is 0 Å². The summed E-state index contributed by atoms with van der Waals surface area (Å²) in [7, 11) is 0. The van der Waals surface area contributed by atoms with E-state index in [1.54, 1.807) is 16.7 Å². The molecule has 0 spiro atoms. The van der Waals surface area contributed by atoms with Crippen LogP contribution >= 0.6 is 0 Å². The van der Waals surface area contributed by atoms with E-state index in [9.17, 15) is 0 Å². The van der Waals surface area contributed by atoms with E-state index in [0.717, 1.165) is 0 Å². The maximum atomic E-state index is 2.51. The summed E-state index contributed by atoms with van der Waals surface area (Å²) in [5, 5.41) is 0. The van der Waals surface area contributed by atoms with E-state index in [2.05, 4.69) is 26.8 Å². The summed E-state index contributed by atoms with van der Waals surface area (Å²) < 4.78 is 0. The molecule has 0 heterocycles. The number of rotatable bonds is 0. The lowest BCUT2D eigenvalue weighted by Crippen LogP contribution is -2.15. The van der Waals surface area contributed by atoms with E-state index < -0.39 is 0 Å². The second-order valence-corrected chi connectivity index (χ2v) is 6.04. The minimum Gasteiger partial charge on any atom is -0.0807 e. The highest BCUT2D eigenvalue weighted by atomic mass is 14.3. The third kappa shape index (κ3) is 2.35. The fraction of sp³-hybridized carbons (Fsp3) is 0.733. The van der Waals surface area contributed by atoms with Gasteiger partial charge in [0.1, 0.15) is 0 Å². The van der Waals surface area contributed by atoms with Gasteiger partial charge in [-0.1, -0.05) is 38.8 Å². The molecule has 1 saturated carbocycles. The molecule has 0 bridgehead atoms. The third-order valence-corrected chi connectivity index (χ3v) is 3.82. The number of hydrogen-bond donors (Lipinski definition) is 0. The molecule has 2 rings (SSSR count). The minimum absolute atomic E-state index is 0.388. The van der Waals surface area contributed by atoms with Gasteiger partial charge in [0.15, 0.2) is 0 Å². The molecule has 2 aliphatic rings. The fourth-order valence-electron chi connectivity index (χ4n) is 3.04. The Hall–Kier alpha value is -0.520. The highest BCUT2D eigenvalue weighted by Gasteiger charge is 2.25. The smallest absolute Gasteiger partial charge is 0.0167 e. The van der Waals surface area contributed by atoms with E-state index >= 15 is 0 Å². The van der Waals surface area contributed by atoms with Crippen molar-refractivity contribution in [1.82, 2.24) is 0 Å². The Kier molecular flexibility index (Phi) is 3.04. The summed E-state index contributed by atoms with van der Waals surface area (Å²) in [6, 6.07) is 0. The largest absolute Gasteiger partial charge is 0.0807 e. The highest BCUT2D eigenvalue weighted by molar-refractivity contribution is 5.41. The van der Waals surface area contributed by atoms with E-state index in [1.165, 1.54) is 44.9 Å². The van der Waals surface area contributed by atoms with Gasteiger partial charge in [0.25, 0.3) is 0 Å². The zero-order valence-corrected chi connectivity index (χ0v) is 10.5. The first-order chi connectivity index (χ1) is 7.09. The number of hydrogen-bond acceptors (Lipinski definition) is 0. The van der Waals surface area contributed by atoms with Crippen molar-refractivity contribution < 1.29 is 0 Å². The van der Waals surface area contributed by atoms with Crippen molar-refractivity contribution in [3.63, 3.8) is 0 Å². The molecule has 1 fully saturated rings. The van der Waals surface area contributed by atoms with Crippen LogP contribution in [0.1, 0.15) is 65.7 Å². The van der Waals surface area contributed by atoms with Gasteiger partial charge in [0.05, 0.1) is 0 Å². The van der Waals surface area contributed by atoms with Crippen molar-refractivity contribution >= 4 is 0 Å². The van der Waals surface area contributed by atoms with Crippen molar-refractivity contribution in [1.29, 1.82) is 0 Å². The Bertz CT molecular complexity index is 296. The zero-order valence-electron chi connectivity index (χ0n) is 10.5. The van der Waals surface area contributed by atoms with Crippen LogP contribution in [-0.2, 0) is 0 Å². The van der Waals surface area contributed by atoms with Gasteiger partial charge in [-0.05, 0) is 55.1 Å². The molecule has 84 valence electrons. The molecule has 0 N–H and O–H groups in total. The van der Waals surface area contributed by atoms with Crippen LogP contribution in [0.15, 0.2) is 22.8 Å². The van der Waals surface area contributed by atoms with Crippen molar-refractivity contribution in [2.24, 2.45) is 5.41 Å². The van der Waals surface area contributed by atoms with E-state index in [4.69, 9.17) is 0 Å². The lowest BCUT2D eigenvalue weighted by atomic mass is 9.75. The predicted molar refractivity (Wildman–Crippen MR) is 66.9 cm³/mol. The molecule has 2 aliphatic carbocycles. The van der Waals surface area contributed by atoms with Gasteiger partial charge >= 0.3 is 0 Å². The quantitative estimate of drug-likeness (QED) is 0.520.